The third-order valence-corrected chi connectivity index (χ3v) is 8.43. The van der Waals surface area contributed by atoms with Gasteiger partial charge in [0.1, 0.15) is 5.01 Å². The molecule has 182 valence electrons. The Morgan fingerprint density at radius 1 is 1.18 bits per heavy atom. The lowest BCUT2D eigenvalue weighted by atomic mass is 9.92. The summed E-state index contributed by atoms with van der Waals surface area (Å²) < 4.78 is 39.3. The Hall–Kier alpha value is -2.25. The van der Waals surface area contributed by atoms with E-state index in [2.05, 4.69) is 31.1 Å². The van der Waals surface area contributed by atoms with Gasteiger partial charge in [0.2, 0.25) is 0 Å². The van der Waals surface area contributed by atoms with Gasteiger partial charge in [-0.1, -0.05) is 36.4 Å². The van der Waals surface area contributed by atoms with Crippen LogP contribution in [0.5, 0.6) is 0 Å². The molecule has 0 spiro atoms. The number of allylic oxidation sites excluding steroid dienone is 5. The molecule has 0 atom stereocenters. The molecule has 1 aliphatic carbocycles. The summed E-state index contributed by atoms with van der Waals surface area (Å²) >= 11 is 3.32. The van der Waals surface area contributed by atoms with Crippen molar-refractivity contribution in [3.8, 4) is 10.6 Å². The second-order valence-corrected chi connectivity index (χ2v) is 10.8. The predicted molar refractivity (Wildman–Crippen MR) is 138 cm³/mol. The van der Waals surface area contributed by atoms with Crippen LogP contribution in [0.2, 0.25) is 0 Å². The van der Waals surface area contributed by atoms with Gasteiger partial charge in [0.05, 0.1) is 17.0 Å². The minimum absolute atomic E-state index is 0.181. The van der Waals surface area contributed by atoms with Crippen molar-refractivity contribution in [3.63, 3.8) is 0 Å². The van der Waals surface area contributed by atoms with Crippen LogP contribution in [-0.2, 0) is 11.9 Å². The maximum absolute atomic E-state index is 13.1. The fourth-order valence-corrected chi connectivity index (χ4v) is 6.31. The summed E-state index contributed by atoms with van der Waals surface area (Å²) in [5.41, 5.74) is 4.98. The summed E-state index contributed by atoms with van der Waals surface area (Å²) in [5.74, 6) is 0.936. The minimum atomic E-state index is -4.35. The highest BCUT2D eigenvalue weighted by molar-refractivity contribution is 8.02. The first kappa shape index (κ1) is 26.4. The van der Waals surface area contributed by atoms with E-state index in [1.807, 2.05) is 6.92 Å². The van der Waals surface area contributed by atoms with Crippen LogP contribution in [0, 0.1) is 13.8 Å². The van der Waals surface area contributed by atoms with Crippen LogP contribution in [0.15, 0.2) is 64.8 Å². The molecule has 0 unspecified atom stereocenters. The number of aryl methyl sites for hydroxylation is 2. The molecule has 1 aliphatic rings. The lowest BCUT2D eigenvalue weighted by Crippen LogP contribution is -2.07. The molecule has 0 fully saturated rings. The van der Waals surface area contributed by atoms with Crippen molar-refractivity contribution in [1.82, 2.24) is 4.98 Å². The molecule has 7 heteroatoms. The van der Waals surface area contributed by atoms with Gasteiger partial charge in [-0.05, 0) is 69.7 Å². The summed E-state index contributed by atoms with van der Waals surface area (Å²) in [6, 6.07) is 4.21. The van der Waals surface area contributed by atoms with Gasteiger partial charge in [0, 0.05) is 27.5 Å². The number of aliphatic hydroxyl groups is 1. The average molecular weight is 506 g/mol. The molecule has 0 bridgehead atoms. The summed E-state index contributed by atoms with van der Waals surface area (Å²) in [7, 11) is 0. The van der Waals surface area contributed by atoms with Crippen molar-refractivity contribution in [2.75, 3.05) is 0 Å². The summed E-state index contributed by atoms with van der Waals surface area (Å²) in [6.45, 7) is 13.3. The van der Waals surface area contributed by atoms with E-state index in [9.17, 15) is 18.3 Å². The van der Waals surface area contributed by atoms with Crippen molar-refractivity contribution in [1.29, 1.82) is 0 Å². The van der Waals surface area contributed by atoms with Crippen molar-refractivity contribution in [2.24, 2.45) is 0 Å². The van der Waals surface area contributed by atoms with Gasteiger partial charge in [-0.3, -0.25) is 0 Å². The van der Waals surface area contributed by atoms with Gasteiger partial charge in [0.25, 0.3) is 0 Å². The van der Waals surface area contributed by atoms with Gasteiger partial charge < -0.3 is 5.11 Å². The van der Waals surface area contributed by atoms with Gasteiger partial charge in [-0.25, -0.2) is 4.98 Å². The van der Waals surface area contributed by atoms with E-state index >= 15 is 0 Å². The number of benzene rings is 1. The van der Waals surface area contributed by atoms with E-state index in [1.165, 1.54) is 40.4 Å². The third kappa shape index (κ3) is 6.66. The number of aliphatic hydroxyl groups excluding tert-OH is 1. The zero-order valence-corrected chi connectivity index (χ0v) is 21.4. The van der Waals surface area contributed by atoms with Crippen molar-refractivity contribution < 1.29 is 18.3 Å². The first-order valence-corrected chi connectivity index (χ1v) is 13.0. The largest absolute Gasteiger partial charge is 0.513 e. The number of nitrogens with zero attached hydrogens (tertiary/aromatic N) is 1. The lowest BCUT2D eigenvalue weighted by Gasteiger charge is -2.21. The zero-order chi connectivity index (χ0) is 25.0. The van der Waals surface area contributed by atoms with Crippen LogP contribution in [0.3, 0.4) is 0 Å². The molecule has 1 N–H and O–H groups in total. The van der Waals surface area contributed by atoms with E-state index in [1.54, 1.807) is 17.8 Å². The van der Waals surface area contributed by atoms with E-state index in [4.69, 9.17) is 0 Å². The highest BCUT2D eigenvalue weighted by Crippen LogP contribution is 2.41. The molecule has 0 radical (unpaired) electrons. The Morgan fingerprint density at radius 2 is 1.91 bits per heavy atom. The Morgan fingerprint density at radius 3 is 2.56 bits per heavy atom. The molecule has 3 rings (SSSR count). The number of thioether (sulfide) groups is 1. The maximum atomic E-state index is 13.1. The molecule has 2 nitrogen and oxygen atoms in total. The second-order valence-electron chi connectivity index (χ2n) is 8.70. The van der Waals surface area contributed by atoms with Crippen LogP contribution < -0.4 is 0 Å². The normalized spacial score (nSPS) is 14.4. The molecule has 0 saturated heterocycles. The van der Waals surface area contributed by atoms with Crippen molar-refractivity contribution in [3.05, 3.63) is 86.5 Å². The number of hydrogen-bond donors (Lipinski definition) is 1. The van der Waals surface area contributed by atoms with Gasteiger partial charge >= 0.3 is 6.18 Å². The highest BCUT2D eigenvalue weighted by Gasteiger charge is 2.32. The molecule has 2 aromatic rings. The smallest absolute Gasteiger partial charge is 0.416 e. The van der Waals surface area contributed by atoms with Gasteiger partial charge in [-0.2, -0.15) is 13.2 Å². The Kier molecular flexibility index (Phi) is 8.52. The fraction of sp³-hybridized carbons (Fsp3) is 0.370. The average Bonchev–Trinajstić information content (AvgIpc) is 3.12. The summed E-state index contributed by atoms with van der Waals surface area (Å²) in [6.07, 6.45) is 2.01. The number of alkyl halides is 3. The van der Waals surface area contributed by atoms with E-state index in [0.29, 0.717) is 18.4 Å². The van der Waals surface area contributed by atoms with Crippen LogP contribution in [0.25, 0.3) is 10.6 Å². The zero-order valence-electron chi connectivity index (χ0n) is 19.8. The monoisotopic (exact) mass is 505 g/mol. The third-order valence-electron chi connectivity index (χ3n) is 5.89. The van der Waals surface area contributed by atoms with Crippen LogP contribution in [0.4, 0.5) is 13.2 Å². The first-order valence-electron chi connectivity index (χ1n) is 11.2. The standard InChI is InChI=1S/C27H30F3NOS2/c1-16(9-10-19(4)32)13-22-17(2)7-6-8-24(22)33-15-25-20(5)31-26(34-25)21-11-12-23(18(3)14-21)27(28,29)30/h8,11-12,14,32H,1,4,6-7,9-10,13,15H2,2-3,5H3. The van der Waals surface area contributed by atoms with Crippen LogP contribution in [0.1, 0.15) is 60.7 Å². The summed E-state index contributed by atoms with van der Waals surface area (Å²) in [5, 5.41) is 10.1. The van der Waals surface area contributed by atoms with Crippen molar-refractivity contribution in [2.45, 2.75) is 64.8 Å². The van der Waals surface area contributed by atoms with Crippen molar-refractivity contribution >= 4 is 23.1 Å². The maximum Gasteiger partial charge on any atom is 0.416 e. The number of aromatic nitrogens is 1. The fourth-order valence-electron chi connectivity index (χ4n) is 3.89. The molecule has 1 aromatic heterocycles. The molecule has 34 heavy (non-hydrogen) atoms. The van der Waals surface area contributed by atoms with Gasteiger partial charge in [0.15, 0.2) is 0 Å². The van der Waals surface area contributed by atoms with E-state index < -0.39 is 11.7 Å². The lowest BCUT2D eigenvalue weighted by molar-refractivity contribution is -0.138. The van der Waals surface area contributed by atoms with E-state index in [0.717, 1.165) is 52.2 Å². The molecular formula is C27H30F3NOS2. The Balaban J connectivity index is 1.72. The molecule has 0 aliphatic heterocycles. The number of thiazole rings is 1. The molecule has 0 saturated carbocycles. The Labute approximate surface area is 208 Å². The topological polar surface area (TPSA) is 33.1 Å². The predicted octanol–water partition coefficient (Wildman–Crippen LogP) is 9.47. The SMILES string of the molecule is C=C(O)CCC(=C)CC1=C(C)CCC=C1SCc1sc(-c2ccc(C(F)(F)F)c(C)c2)nc1C. The van der Waals surface area contributed by atoms with Crippen LogP contribution >= 0.6 is 23.1 Å². The first-order chi connectivity index (χ1) is 16.0. The Bertz CT molecular complexity index is 1160. The minimum Gasteiger partial charge on any atom is -0.513 e. The molecule has 1 aromatic carbocycles. The number of rotatable bonds is 9. The number of halogens is 3. The second kappa shape index (κ2) is 11.0. The molecular weight excluding hydrogens is 475 g/mol. The molecule has 0 amide bonds. The van der Waals surface area contributed by atoms with E-state index in [-0.39, 0.29) is 11.3 Å². The highest BCUT2D eigenvalue weighted by atomic mass is 32.2. The van der Waals surface area contributed by atoms with Gasteiger partial charge in [-0.15, -0.1) is 23.1 Å². The van der Waals surface area contributed by atoms with Crippen LogP contribution in [-0.4, -0.2) is 10.1 Å². The number of hydrogen-bond acceptors (Lipinski definition) is 4. The summed E-state index contributed by atoms with van der Waals surface area (Å²) in [4.78, 5) is 7.03. The quantitative estimate of drug-likeness (QED) is 0.272. The molecule has 1 heterocycles.